The fraction of sp³-hybridized carbons (Fsp3) is 0.214. The summed E-state index contributed by atoms with van der Waals surface area (Å²) in [5.74, 6) is 3.67. The Bertz CT molecular complexity index is 797. The first-order chi connectivity index (χ1) is 9.85. The fourth-order valence-corrected chi connectivity index (χ4v) is 4.18. The molecule has 6 heteroatoms. The molecule has 0 amide bonds. The van der Waals surface area contributed by atoms with Crippen LogP contribution in [0.2, 0.25) is 0 Å². The molecule has 4 rings (SSSR count). The molecule has 0 spiro atoms. The van der Waals surface area contributed by atoms with E-state index in [4.69, 9.17) is 4.98 Å². The van der Waals surface area contributed by atoms with Gasteiger partial charge in [-0.15, -0.1) is 11.3 Å². The van der Waals surface area contributed by atoms with E-state index in [-0.39, 0.29) is 0 Å². The molecule has 1 aliphatic heterocycles. The summed E-state index contributed by atoms with van der Waals surface area (Å²) in [6, 6.07) is 4.15. The zero-order valence-electron chi connectivity index (χ0n) is 10.9. The van der Waals surface area contributed by atoms with Gasteiger partial charge in [0.2, 0.25) is 0 Å². The molecule has 0 aliphatic carbocycles. The Morgan fingerprint density at radius 2 is 2.20 bits per heavy atom. The van der Waals surface area contributed by atoms with Gasteiger partial charge in [0.05, 0.1) is 15.9 Å². The van der Waals surface area contributed by atoms with Crippen molar-refractivity contribution in [3.8, 4) is 11.4 Å². The molecule has 0 atom stereocenters. The van der Waals surface area contributed by atoms with E-state index >= 15 is 0 Å². The van der Waals surface area contributed by atoms with Crippen molar-refractivity contribution in [3.63, 3.8) is 0 Å². The molecule has 1 N–H and O–H groups in total. The van der Waals surface area contributed by atoms with Crippen molar-refractivity contribution in [1.82, 2.24) is 15.0 Å². The number of fused-ring (bicyclic) bond motifs is 2. The maximum absolute atomic E-state index is 4.72. The minimum Gasteiger partial charge on any atom is -0.373 e. The number of thioether (sulfide) groups is 1. The molecule has 3 aromatic rings. The Hall–Kier alpha value is -1.66. The van der Waals surface area contributed by atoms with Crippen LogP contribution >= 0.6 is 23.1 Å². The molecule has 0 aromatic carbocycles. The van der Waals surface area contributed by atoms with Crippen LogP contribution in [0.3, 0.4) is 0 Å². The second-order valence-electron chi connectivity index (χ2n) is 4.59. The first-order valence-corrected chi connectivity index (χ1v) is 8.37. The first kappa shape index (κ1) is 12.1. The Balaban J connectivity index is 1.88. The Kier molecular flexibility index (Phi) is 2.85. The fourth-order valence-electron chi connectivity index (χ4n) is 2.36. The smallest absolute Gasteiger partial charge is 0.163 e. The van der Waals surface area contributed by atoms with Crippen molar-refractivity contribution in [3.05, 3.63) is 35.0 Å². The summed E-state index contributed by atoms with van der Waals surface area (Å²) < 4.78 is 1.17. The molecule has 4 nitrogen and oxygen atoms in total. The topological polar surface area (TPSA) is 50.7 Å². The number of hydrogen-bond acceptors (Lipinski definition) is 6. The van der Waals surface area contributed by atoms with Crippen LogP contribution < -0.4 is 5.32 Å². The van der Waals surface area contributed by atoms with E-state index in [1.54, 1.807) is 11.3 Å². The van der Waals surface area contributed by atoms with Crippen LogP contribution in [0.5, 0.6) is 0 Å². The Labute approximate surface area is 124 Å². The van der Waals surface area contributed by atoms with Crippen LogP contribution in [-0.2, 0) is 11.5 Å². The summed E-state index contributed by atoms with van der Waals surface area (Å²) in [6.07, 6.45) is 1.86. The van der Waals surface area contributed by atoms with Crippen molar-refractivity contribution in [2.75, 3.05) is 12.4 Å². The zero-order valence-corrected chi connectivity index (χ0v) is 12.5. The molecule has 3 aromatic heterocycles. The summed E-state index contributed by atoms with van der Waals surface area (Å²) in [4.78, 5) is 13.8. The van der Waals surface area contributed by atoms with Crippen LogP contribution in [0.1, 0.15) is 11.3 Å². The minimum atomic E-state index is 0.762. The van der Waals surface area contributed by atoms with Gasteiger partial charge in [0.15, 0.2) is 5.82 Å². The predicted molar refractivity (Wildman–Crippen MR) is 85.2 cm³/mol. The second kappa shape index (κ2) is 4.71. The van der Waals surface area contributed by atoms with Gasteiger partial charge >= 0.3 is 0 Å². The van der Waals surface area contributed by atoms with Crippen LogP contribution in [0.25, 0.3) is 21.6 Å². The average Bonchev–Trinajstić information content (AvgIpc) is 3.13. The third-order valence-corrected chi connectivity index (χ3v) is 5.20. The van der Waals surface area contributed by atoms with Gasteiger partial charge in [0.25, 0.3) is 0 Å². The van der Waals surface area contributed by atoms with E-state index in [1.807, 2.05) is 31.1 Å². The third kappa shape index (κ3) is 1.87. The van der Waals surface area contributed by atoms with Crippen LogP contribution in [0.15, 0.2) is 23.7 Å². The maximum atomic E-state index is 4.72. The molecule has 0 unspecified atom stereocenters. The van der Waals surface area contributed by atoms with Gasteiger partial charge in [-0.2, -0.15) is 11.8 Å². The summed E-state index contributed by atoms with van der Waals surface area (Å²) in [6.45, 7) is 0. The lowest BCUT2D eigenvalue weighted by Crippen LogP contribution is -2.03. The van der Waals surface area contributed by atoms with Gasteiger partial charge in [-0.25, -0.2) is 9.97 Å². The number of thiophene rings is 1. The maximum Gasteiger partial charge on any atom is 0.163 e. The summed E-state index contributed by atoms with van der Waals surface area (Å²) in [5, 5.41) is 5.24. The van der Waals surface area contributed by atoms with E-state index in [2.05, 4.69) is 26.7 Å². The molecule has 100 valence electrons. The van der Waals surface area contributed by atoms with Crippen molar-refractivity contribution < 1.29 is 0 Å². The number of nitrogens with zero attached hydrogens (tertiary/aromatic N) is 3. The quantitative estimate of drug-likeness (QED) is 0.784. The molecule has 0 saturated carbocycles. The SMILES string of the molecule is CNc1nc(-c2cnc3ccsc3c2)nc2c1CSC2. The number of aromatic nitrogens is 3. The van der Waals surface area contributed by atoms with E-state index in [0.29, 0.717) is 0 Å². The number of nitrogens with one attached hydrogen (secondary N) is 1. The van der Waals surface area contributed by atoms with Crippen molar-refractivity contribution in [2.45, 2.75) is 11.5 Å². The Morgan fingerprint density at radius 3 is 3.10 bits per heavy atom. The highest BCUT2D eigenvalue weighted by Gasteiger charge is 2.19. The highest BCUT2D eigenvalue weighted by atomic mass is 32.2. The van der Waals surface area contributed by atoms with Crippen molar-refractivity contribution >= 4 is 39.1 Å². The lowest BCUT2D eigenvalue weighted by atomic mass is 10.2. The molecule has 4 heterocycles. The molecule has 0 radical (unpaired) electrons. The predicted octanol–water partition coefficient (Wildman–Crippen LogP) is 3.54. The molecule has 1 aliphatic rings. The number of anilines is 1. The summed E-state index contributed by atoms with van der Waals surface area (Å²) >= 11 is 3.58. The molecule has 0 fully saturated rings. The van der Waals surface area contributed by atoms with Gasteiger partial charge in [0.1, 0.15) is 5.82 Å². The van der Waals surface area contributed by atoms with E-state index in [0.717, 1.165) is 39.9 Å². The normalized spacial score (nSPS) is 13.7. The lowest BCUT2D eigenvalue weighted by Gasteiger charge is -2.08. The van der Waals surface area contributed by atoms with Gasteiger partial charge in [-0.1, -0.05) is 0 Å². The van der Waals surface area contributed by atoms with Crippen LogP contribution in [0, 0.1) is 0 Å². The van der Waals surface area contributed by atoms with Gasteiger partial charge in [0, 0.05) is 35.9 Å². The first-order valence-electron chi connectivity index (χ1n) is 6.34. The molecule has 0 bridgehead atoms. The van der Waals surface area contributed by atoms with Crippen molar-refractivity contribution in [1.29, 1.82) is 0 Å². The Morgan fingerprint density at radius 1 is 1.25 bits per heavy atom. The standard InChI is InChI=1S/C14H12N4S2/c1-15-14-9-6-19-7-11(9)17-13(18-14)8-4-12-10(16-5-8)2-3-20-12/h2-5H,6-7H2,1H3,(H,15,17,18). The van der Waals surface area contributed by atoms with Crippen LogP contribution in [0.4, 0.5) is 5.82 Å². The molecular formula is C14H12N4S2. The highest BCUT2D eigenvalue weighted by molar-refractivity contribution is 7.98. The highest BCUT2D eigenvalue weighted by Crippen LogP contribution is 2.34. The number of rotatable bonds is 2. The summed E-state index contributed by atoms with van der Waals surface area (Å²) in [7, 11) is 1.91. The van der Waals surface area contributed by atoms with E-state index < -0.39 is 0 Å². The van der Waals surface area contributed by atoms with Gasteiger partial charge < -0.3 is 5.32 Å². The minimum absolute atomic E-state index is 0.762. The largest absolute Gasteiger partial charge is 0.373 e. The van der Waals surface area contributed by atoms with E-state index in [1.165, 1.54) is 10.3 Å². The zero-order chi connectivity index (χ0) is 13.5. The molecular weight excluding hydrogens is 288 g/mol. The monoisotopic (exact) mass is 300 g/mol. The summed E-state index contributed by atoms with van der Waals surface area (Å²) in [5.41, 5.74) is 4.41. The third-order valence-electron chi connectivity index (χ3n) is 3.38. The van der Waals surface area contributed by atoms with Gasteiger partial charge in [-0.05, 0) is 17.5 Å². The lowest BCUT2D eigenvalue weighted by molar-refractivity contribution is 1.07. The number of pyridine rings is 1. The van der Waals surface area contributed by atoms with Crippen molar-refractivity contribution in [2.24, 2.45) is 0 Å². The molecule has 0 saturated heterocycles. The number of hydrogen-bond donors (Lipinski definition) is 1. The average molecular weight is 300 g/mol. The van der Waals surface area contributed by atoms with Crippen LogP contribution in [-0.4, -0.2) is 22.0 Å². The molecule has 20 heavy (non-hydrogen) atoms. The second-order valence-corrected chi connectivity index (χ2v) is 6.53. The van der Waals surface area contributed by atoms with E-state index in [9.17, 15) is 0 Å². The van der Waals surface area contributed by atoms with Gasteiger partial charge in [-0.3, -0.25) is 4.98 Å².